The number of ether oxygens (including phenoxy) is 2. The van der Waals surface area contributed by atoms with E-state index in [0.717, 1.165) is 4.31 Å². The maximum atomic E-state index is 13.0. The van der Waals surface area contributed by atoms with Gasteiger partial charge in [-0.25, -0.2) is 12.7 Å². The average Bonchev–Trinajstić information content (AvgIpc) is 2.82. The lowest BCUT2D eigenvalue weighted by Gasteiger charge is -2.26. The number of hydrogen-bond donors (Lipinski definition) is 1. The summed E-state index contributed by atoms with van der Waals surface area (Å²) < 4.78 is 37.4. The Bertz CT molecular complexity index is 1320. The van der Waals surface area contributed by atoms with Gasteiger partial charge in [-0.15, -0.1) is 0 Å². The van der Waals surface area contributed by atoms with E-state index in [9.17, 15) is 18.0 Å². The van der Waals surface area contributed by atoms with Crippen LogP contribution in [0.5, 0.6) is 11.5 Å². The van der Waals surface area contributed by atoms with Crippen LogP contribution in [-0.2, 0) is 24.3 Å². The molecule has 176 valence electrons. The Balaban J connectivity index is 1.49. The first kappa shape index (κ1) is 23.5. The summed E-state index contributed by atoms with van der Waals surface area (Å²) in [5.74, 6) is -0.786. The molecule has 1 aliphatic rings. The molecule has 1 amide bonds. The van der Waals surface area contributed by atoms with Gasteiger partial charge in [0.1, 0.15) is 17.4 Å². The molecule has 0 saturated carbocycles. The van der Waals surface area contributed by atoms with Crippen molar-refractivity contribution < 1.29 is 27.5 Å². The molecule has 0 aromatic heterocycles. The van der Waals surface area contributed by atoms with E-state index in [1.807, 2.05) is 12.1 Å². The third-order valence-electron chi connectivity index (χ3n) is 5.49. The minimum absolute atomic E-state index is 0.0858. The molecule has 3 aromatic carbocycles. The lowest BCUT2D eigenvalue weighted by atomic mass is 9.88. The van der Waals surface area contributed by atoms with Gasteiger partial charge >= 0.3 is 5.97 Å². The number of benzene rings is 3. The molecule has 1 aliphatic heterocycles. The van der Waals surface area contributed by atoms with E-state index in [4.69, 9.17) is 9.47 Å². The topological polar surface area (TPSA) is 102 Å². The molecule has 1 heterocycles. The number of fused-ring (bicyclic) bond motifs is 2. The van der Waals surface area contributed by atoms with E-state index in [2.05, 4.69) is 5.32 Å². The lowest BCUT2D eigenvalue weighted by Crippen LogP contribution is -2.26. The van der Waals surface area contributed by atoms with Gasteiger partial charge in [0.05, 0.1) is 4.90 Å². The Labute approximate surface area is 198 Å². The van der Waals surface area contributed by atoms with Crippen LogP contribution in [0.1, 0.15) is 22.6 Å². The first-order valence-electron chi connectivity index (χ1n) is 10.5. The minimum atomic E-state index is -3.68. The summed E-state index contributed by atoms with van der Waals surface area (Å²) in [6.45, 7) is 1.15. The SMILES string of the molecule is Cc1ccc(NC(=O)COC(=O)C2c3ccccc3Oc3ccccc32)cc1S(=O)(=O)N(C)C. The summed E-state index contributed by atoms with van der Waals surface area (Å²) in [6.07, 6.45) is 0. The molecule has 0 radical (unpaired) electrons. The highest BCUT2D eigenvalue weighted by molar-refractivity contribution is 7.89. The van der Waals surface area contributed by atoms with Gasteiger partial charge in [0.15, 0.2) is 6.61 Å². The summed E-state index contributed by atoms with van der Waals surface area (Å²) in [7, 11) is -0.805. The second-order valence-corrected chi connectivity index (χ2v) is 10.2. The summed E-state index contributed by atoms with van der Waals surface area (Å²) in [5.41, 5.74) is 2.15. The second-order valence-electron chi connectivity index (χ2n) is 8.03. The summed E-state index contributed by atoms with van der Waals surface area (Å²) in [4.78, 5) is 25.6. The number of aryl methyl sites for hydroxylation is 1. The molecule has 0 saturated heterocycles. The first-order valence-corrected chi connectivity index (χ1v) is 12.0. The summed E-state index contributed by atoms with van der Waals surface area (Å²) in [5, 5.41) is 2.59. The fraction of sp³-hybridized carbons (Fsp3) is 0.200. The van der Waals surface area contributed by atoms with E-state index in [0.29, 0.717) is 28.2 Å². The highest BCUT2D eigenvalue weighted by Crippen LogP contribution is 2.44. The molecule has 34 heavy (non-hydrogen) atoms. The zero-order valence-electron chi connectivity index (χ0n) is 18.9. The number of anilines is 1. The molecule has 0 aliphatic carbocycles. The number of carbonyl (C=O) groups is 2. The van der Waals surface area contributed by atoms with Crippen molar-refractivity contribution in [2.75, 3.05) is 26.0 Å². The zero-order valence-corrected chi connectivity index (χ0v) is 19.8. The Morgan fingerprint density at radius 3 is 2.15 bits per heavy atom. The van der Waals surface area contributed by atoms with Crippen molar-refractivity contribution in [1.82, 2.24) is 4.31 Å². The molecule has 8 nitrogen and oxygen atoms in total. The average molecular weight is 481 g/mol. The van der Waals surface area contributed by atoms with E-state index in [1.54, 1.807) is 55.5 Å². The Kier molecular flexibility index (Phi) is 6.41. The van der Waals surface area contributed by atoms with Gasteiger partial charge in [-0.2, -0.15) is 0 Å². The number of esters is 1. The number of nitrogens with zero attached hydrogens (tertiary/aromatic N) is 1. The highest BCUT2D eigenvalue weighted by atomic mass is 32.2. The standard InChI is InChI=1S/C25H24N2O6S/c1-16-12-13-17(14-22(16)34(30,31)27(2)3)26-23(28)15-32-25(29)24-18-8-4-6-10-20(18)33-21-11-7-5-9-19(21)24/h4-14,24H,15H2,1-3H3,(H,26,28). The summed E-state index contributed by atoms with van der Waals surface area (Å²) in [6, 6.07) is 18.9. The van der Waals surface area contributed by atoms with Gasteiger partial charge in [0, 0.05) is 30.9 Å². The molecule has 0 unspecified atom stereocenters. The van der Waals surface area contributed by atoms with Crippen LogP contribution >= 0.6 is 0 Å². The predicted octanol–water partition coefficient (Wildman–Crippen LogP) is 3.66. The lowest BCUT2D eigenvalue weighted by molar-refractivity contribution is -0.148. The van der Waals surface area contributed by atoms with Gasteiger partial charge in [-0.05, 0) is 36.8 Å². The first-order chi connectivity index (χ1) is 16.2. The molecule has 3 aromatic rings. The normalized spacial score (nSPS) is 12.9. The maximum absolute atomic E-state index is 13.0. The Morgan fingerprint density at radius 2 is 1.56 bits per heavy atom. The van der Waals surface area contributed by atoms with Crippen molar-refractivity contribution in [2.45, 2.75) is 17.7 Å². The molecular weight excluding hydrogens is 456 g/mol. The Hall–Kier alpha value is -3.69. The largest absolute Gasteiger partial charge is 0.457 e. The minimum Gasteiger partial charge on any atom is -0.457 e. The van der Waals surface area contributed by atoms with Crippen molar-refractivity contribution in [1.29, 1.82) is 0 Å². The van der Waals surface area contributed by atoms with Crippen LogP contribution in [0.2, 0.25) is 0 Å². The summed E-state index contributed by atoms with van der Waals surface area (Å²) >= 11 is 0. The van der Waals surface area contributed by atoms with Gasteiger partial charge in [-0.3, -0.25) is 9.59 Å². The Morgan fingerprint density at radius 1 is 0.971 bits per heavy atom. The number of amides is 1. The van der Waals surface area contributed by atoms with Gasteiger partial charge in [-0.1, -0.05) is 42.5 Å². The molecule has 1 N–H and O–H groups in total. The molecular formula is C25H24N2O6S. The fourth-order valence-electron chi connectivity index (χ4n) is 3.73. The second kappa shape index (κ2) is 9.28. The van der Waals surface area contributed by atoms with Crippen LogP contribution in [0.3, 0.4) is 0 Å². The van der Waals surface area contributed by atoms with Gasteiger partial charge in [0.2, 0.25) is 10.0 Å². The maximum Gasteiger partial charge on any atom is 0.318 e. The molecule has 0 atom stereocenters. The number of hydrogen-bond acceptors (Lipinski definition) is 6. The van der Waals surface area contributed by atoms with E-state index < -0.39 is 34.4 Å². The molecule has 9 heteroatoms. The van der Waals surface area contributed by atoms with E-state index in [-0.39, 0.29) is 10.6 Å². The third kappa shape index (κ3) is 4.52. The van der Waals surface area contributed by atoms with Crippen molar-refractivity contribution in [3.05, 3.63) is 83.4 Å². The van der Waals surface area contributed by atoms with Gasteiger partial charge < -0.3 is 14.8 Å². The molecule has 4 rings (SSSR count). The van der Waals surface area contributed by atoms with E-state index >= 15 is 0 Å². The van der Waals surface area contributed by atoms with Crippen LogP contribution in [-0.4, -0.2) is 45.3 Å². The van der Waals surface area contributed by atoms with Crippen molar-refractivity contribution in [2.24, 2.45) is 0 Å². The van der Waals surface area contributed by atoms with Crippen LogP contribution in [0.4, 0.5) is 5.69 Å². The number of sulfonamides is 1. The zero-order chi connectivity index (χ0) is 24.5. The van der Waals surface area contributed by atoms with Crippen molar-refractivity contribution in [3.8, 4) is 11.5 Å². The smallest absolute Gasteiger partial charge is 0.318 e. The van der Waals surface area contributed by atoms with Gasteiger partial charge in [0.25, 0.3) is 5.91 Å². The highest BCUT2D eigenvalue weighted by Gasteiger charge is 2.34. The third-order valence-corrected chi connectivity index (χ3v) is 7.45. The number of nitrogens with one attached hydrogen (secondary N) is 1. The molecule has 0 spiro atoms. The predicted molar refractivity (Wildman–Crippen MR) is 126 cm³/mol. The number of para-hydroxylation sites is 2. The molecule has 0 fully saturated rings. The monoisotopic (exact) mass is 480 g/mol. The van der Waals surface area contributed by atoms with Crippen LogP contribution in [0, 0.1) is 6.92 Å². The molecule has 0 bridgehead atoms. The van der Waals surface area contributed by atoms with Crippen molar-refractivity contribution >= 4 is 27.6 Å². The number of carbonyl (C=O) groups excluding carboxylic acids is 2. The van der Waals surface area contributed by atoms with Crippen LogP contribution in [0.25, 0.3) is 0 Å². The quantitative estimate of drug-likeness (QED) is 0.540. The van der Waals surface area contributed by atoms with Crippen LogP contribution in [0.15, 0.2) is 71.6 Å². The fourth-order valence-corrected chi connectivity index (χ4v) is 4.88. The van der Waals surface area contributed by atoms with Crippen molar-refractivity contribution in [3.63, 3.8) is 0 Å². The van der Waals surface area contributed by atoms with Crippen LogP contribution < -0.4 is 10.1 Å². The van der Waals surface area contributed by atoms with E-state index in [1.165, 1.54) is 20.2 Å². The number of rotatable bonds is 6.